The fourth-order valence-corrected chi connectivity index (χ4v) is 6.29. The zero-order valence-electron chi connectivity index (χ0n) is 24.6. The fraction of sp³-hybridized carbons (Fsp3) is 0.364. The molecule has 4 aromatic rings. The van der Waals surface area contributed by atoms with Gasteiger partial charge in [0.2, 0.25) is 5.91 Å². The first-order valence-corrected chi connectivity index (χ1v) is 15.0. The topological polar surface area (TPSA) is 121 Å². The van der Waals surface area contributed by atoms with Crippen molar-refractivity contribution in [3.05, 3.63) is 82.6 Å². The molecular weight excluding hydrogens is 559 g/mol. The molecule has 0 spiro atoms. The van der Waals surface area contributed by atoms with Gasteiger partial charge < -0.3 is 9.80 Å². The van der Waals surface area contributed by atoms with Gasteiger partial charge in [-0.05, 0) is 63.8 Å². The molecule has 4 heterocycles. The number of aromatic nitrogens is 5. The highest BCUT2D eigenvalue weighted by Crippen LogP contribution is 2.47. The lowest BCUT2D eigenvalue weighted by Gasteiger charge is -2.44. The largest absolute Gasteiger partial charge is 0.355 e. The summed E-state index contributed by atoms with van der Waals surface area (Å²) in [7, 11) is 0. The first kappa shape index (κ1) is 27.8. The van der Waals surface area contributed by atoms with Crippen LogP contribution in [0.2, 0.25) is 0 Å². The van der Waals surface area contributed by atoms with Gasteiger partial charge in [0.1, 0.15) is 24.0 Å². The molecule has 7 rings (SSSR count). The van der Waals surface area contributed by atoms with Gasteiger partial charge in [0.05, 0.1) is 33.7 Å². The number of pyridine rings is 1. The van der Waals surface area contributed by atoms with Crippen molar-refractivity contribution in [2.75, 3.05) is 18.0 Å². The molecule has 1 aromatic carbocycles. The van der Waals surface area contributed by atoms with E-state index in [1.807, 2.05) is 18.7 Å². The number of rotatable bonds is 6. The predicted octanol–water partition coefficient (Wildman–Crippen LogP) is 4.61. The van der Waals surface area contributed by atoms with Gasteiger partial charge in [-0.3, -0.25) is 4.79 Å². The molecular formula is C33H31FN8O2. The summed E-state index contributed by atoms with van der Waals surface area (Å²) in [6, 6.07) is 9.61. The Bertz CT molecular complexity index is 1910. The van der Waals surface area contributed by atoms with Gasteiger partial charge >= 0.3 is 5.69 Å². The molecule has 3 aromatic heterocycles. The Balaban J connectivity index is 1.52. The van der Waals surface area contributed by atoms with E-state index < -0.39 is 11.5 Å². The number of piperazine rings is 1. The van der Waals surface area contributed by atoms with Crippen LogP contribution in [0.4, 0.5) is 10.2 Å². The standard InChI is InChI=1S/C33H31FN8O2/c1-4-26(43)40-15-19(3)41(16-18(40)2)31-24-13-22(14-35)27(23-7-5-6-8-25(23)34)38-32(24)42(33(44)39-31)30-28(20-9-10-20)36-17-37-29(30)21-11-12-21/h4-8,13,17-21H,1,9-12,15-16H2,2-3H3/t18-,19+/m1/s1. The van der Waals surface area contributed by atoms with Crippen LogP contribution in [0.1, 0.15) is 68.3 Å². The van der Waals surface area contributed by atoms with Gasteiger partial charge in [-0.2, -0.15) is 10.2 Å². The minimum atomic E-state index is -0.549. The van der Waals surface area contributed by atoms with Gasteiger partial charge in [0, 0.05) is 42.6 Å². The Kier molecular flexibility index (Phi) is 6.72. The molecule has 0 bridgehead atoms. The van der Waals surface area contributed by atoms with Gasteiger partial charge in [-0.1, -0.05) is 18.7 Å². The molecule has 3 aliphatic rings. The van der Waals surface area contributed by atoms with E-state index >= 15 is 4.39 Å². The number of carbonyl (C=O) groups excluding carboxylic acids is 1. The maximum Gasteiger partial charge on any atom is 0.355 e. The molecule has 0 unspecified atom stereocenters. The summed E-state index contributed by atoms with van der Waals surface area (Å²) in [5, 5.41) is 10.7. The summed E-state index contributed by atoms with van der Waals surface area (Å²) in [5.74, 6) is 0.0864. The zero-order chi connectivity index (χ0) is 30.7. The maximum absolute atomic E-state index is 15.1. The van der Waals surface area contributed by atoms with Crippen LogP contribution in [-0.4, -0.2) is 60.5 Å². The van der Waals surface area contributed by atoms with Crippen molar-refractivity contribution in [1.82, 2.24) is 29.4 Å². The molecule has 3 fully saturated rings. The van der Waals surface area contributed by atoms with Gasteiger partial charge in [0.15, 0.2) is 5.65 Å². The molecule has 222 valence electrons. The predicted molar refractivity (Wildman–Crippen MR) is 163 cm³/mol. The van der Waals surface area contributed by atoms with E-state index in [9.17, 15) is 14.9 Å². The Morgan fingerprint density at radius 3 is 2.34 bits per heavy atom. The number of nitriles is 1. The van der Waals surface area contributed by atoms with Crippen LogP contribution in [0.3, 0.4) is 0 Å². The lowest BCUT2D eigenvalue weighted by atomic mass is 10.0. The number of fused-ring (bicyclic) bond motifs is 1. The van der Waals surface area contributed by atoms with Crippen LogP contribution >= 0.6 is 0 Å². The summed E-state index contributed by atoms with van der Waals surface area (Å²) >= 11 is 0. The van der Waals surface area contributed by atoms with Crippen molar-refractivity contribution in [2.24, 2.45) is 0 Å². The summed E-state index contributed by atoms with van der Waals surface area (Å²) in [4.78, 5) is 49.4. The molecule has 2 atom stereocenters. The number of anilines is 1. The lowest BCUT2D eigenvalue weighted by Crippen LogP contribution is -2.58. The second-order valence-electron chi connectivity index (χ2n) is 12.0. The molecule has 1 amide bonds. The molecule has 1 aliphatic heterocycles. The van der Waals surface area contributed by atoms with E-state index in [0.29, 0.717) is 30.0 Å². The highest BCUT2D eigenvalue weighted by atomic mass is 19.1. The molecule has 0 radical (unpaired) electrons. The maximum atomic E-state index is 15.1. The Hall–Kier alpha value is -4.98. The summed E-state index contributed by atoms with van der Waals surface area (Å²) < 4.78 is 16.6. The molecule has 0 N–H and O–H groups in total. The monoisotopic (exact) mass is 590 g/mol. The minimum Gasteiger partial charge on any atom is -0.349 e. The van der Waals surface area contributed by atoms with E-state index in [4.69, 9.17) is 4.98 Å². The summed E-state index contributed by atoms with van der Waals surface area (Å²) in [5.41, 5.74) is 2.36. The van der Waals surface area contributed by atoms with Crippen molar-refractivity contribution < 1.29 is 9.18 Å². The average molecular weight is 591 g/mol. The lowest BCUT2D eigenvalue weighted by molar-refractivity contribution is -0.128. The highest BCUT2D eigenvalue weighted by Gasteiger charge is 2.38. The number of halogens is 1. The smallest absolute Gasteiger partial charge is 0.349 e. The minimum absolute atomic E-state index is 0.143. The van der Waals surface area contributed by atoms with Crippen LogP contribution in [0, 0.1) is 17.1 Å². The Morgan fingerprint density at radius 1 is 1.05 bits per heavy atom. The van der Waals surface area contributed by atoms with Crippen molar-refractivity contribution in [1.29, 1.82) is 5.26 Å². The van der Waals surface area contributed by atoms with E-state index in [0.717, 1.165) is 37.1 Å². The van der Waals surface area contributed by atoms with Crippen molar-refractivity contribution >= 4 is 22.8 Å². The number of carbonyl (C=O) groups is 1. The first-order chi connectivity index (χ1) is 21.3. The first-order valence-electron chi connectivity index (χ1n) is 15.0. The van der Waals surface area contributed by atoms with Crippen molar-refractivity contribution in [3.63, 3.8) is 0 Å². The number of amides is 1. The Labute approximate surface area is 253 Å². The molecule has 11 heteroatoms. The number of nitrogens with zero attached hydrogens (tertiary/aromatic N) is 8. The second-order valence-corrected chi connectivity index (χ2v) is 12.0. The van der Waals surface area contributed by atoms with Gasteiger partial charge in [-0.15, -0.1) is 0 Å². The number of hydrogen-bond acceptors (Lipinski definition) is 8. The quantitative estimate of drug-likeness (QED) is 0.299. The summed E-state index contributed by atoms with van der Waals surface area (Å²) in [6.45, 7) is 8.33. The number of benzene rings is 1. The van der Waals surface area contributed by atoms with Crippen LogP contribution < -0.4 is 10.6 Å². The molecule has 2 saturated carbocycles. The second kappa shape index (κ2) is 10.6. The average Bonchev–Trinajstić information content (AvgIpc) is 3.95. The normalized spacial score (nSPS) is 20.0. The van der Waals surface area contributed by atoms with Crippen LogP contribution in [0.15, 0.2) is 54.1 Å². The highest BCUT2D eigenvalue weighted by molar-refractivity contribution is 5.93. The van der Waals surface area contributed by atoms with E-state index in [2.05, 4.69) is 27.6 Å². The van der Waals surface area contributed by atoms with Gasteiger partial charge in [-0.25, -0.2) is 28.7 Å². The van der Waals surface area contributed by atoms with Crippen LogP contribution in [0.25, 0.3) is 28.0 Å². The molecule has 1 saturated heterocycles. The van der Waals surface area contributed by atoms with Crippen molar-refractivity contribution in [2.45, 2.75) is 63.5 Å². The molecule has 44 heavy (non-hydrogen) atoms. The van der Waals surface area contributed by atoms with Crippen LogP contribution in [-0.2, 0) is 4.79 Å². The molecule has 10 nitrogen and oxygen atoms in total. The van der Waals surface area contributed by atoms with Gasteiger partial charge in [0.25, 0.3) is 0 Å². The van der Waals surface area contributed by atoms with Crippen LogP contribution in [0.5, 0.6) is 0 Å². The zero-order valence-corrected chi connectivity index (χ0v) is 24.6. The number of hydrogen-bond donors (Lipinski definition) is 0. The van der Waals surface area contributed by atoms with E-state index in [1.54, 1.807) is 35.5 Å². The third kappa shape index (κ3) is 4.61. The van der Waals surface area contributed by atoms with Crippen molar-refractivity contribution in [3.8, 4) is 23.0 Å². The summed E-state index contributed by atoms with van der Waals surface area (Å²) in [6.07, 6.45) is 6.71. The Morgan fingerprint density at radius 2 is 1.73 bits per heavy atom. The fourth-order valence-electron chi connectivity index (χ4n) is 6.29. The van der Waals surface area contributed by atoms with E-state index in [-0.39, 0.29) is 52.3 Å². The molecule has 2 aliphatic carbocycles. The van der Waals surface area contributed by atoms with E-state index in [1.165, 1.54) is 16.7 Å². The third-order valence-corrected chi connectivity index (χ3v) is 8.84. The SMILES string of the molecule is C=CC(=O)N1C[C@H](C)N(c2nc(=O)n(-c3c(C4CC4)ncnc3C3CC3)c3nc(-c4ccccc4F)c(C#N)cc23)C[C@H]1C. The third-order valence-electron chi connectivity index (χ3n) is 8.84.